The summed E-state index contributed by atoms with van der Waals surface area (Å²) in [5, 5.41) is 2.74. The number of halogens is 3. The van der Waals surface area contributed by atoms with Crippen molar-refractivity contribution in [2.45, 2.75) is 19.6 Å². The topological polar surface area (TPSA) is 64.0 Å². The lowest BCUT2D eigenvalue weighted by Gasteiger charge is -2.14. The van der Waals surface area contributed by atoms with Gasteiger partial charge in [0.2, 0.25) is 0 Å². The maximum atomic E-state index is 13.1. The van der Waals surface area contributed by atoms with E-state index in [4.69, 9.17) is 0 Å². The van der Waals surface area contributed by atoms with Crippen molar-refractivity contribution < 1.29 is 18.0 Å². The van der Waals surface area contributed by atoms with Crippen LogP contribution in [0.5, 0.6) is 0 Å². The molecule has 2 aromatic heterocycles. The summed E-state index contributed by atoms with van der Waals surface area (Å²) in [5.74, 6) is -0.903. The van der Waals surface area contributed by atoms with Crippen LogP contribution in [0, 0.1) is 0 Å². The van der Waals surface area contributed by atoms with E-state index in [1.54, 1.807) is 19.1 Å². The van der Waals surface area contributed by atoms with Crippen LogP contribution in [0.2, 0.25) is 0 Å². The molecule has 0 aliphatic heterocycles. The lowest BCUT2D eigenvalue weighted by Crippen LogP contribution is -2.30. The Balaban J connectivity index is 2.08. The van der Waals surface area contributed by atoms with Crippen molar-refractivity contribution in [3.63, 3.8) is 0 Å². The molecule has 0 aliphatic rings. The predicted octanol–water partition coefficient (Wildman–Crippen LogP) is 3.69. The van der Waals surface area contributed by atoms with Gasteiger partial charge >= 0.3 is 6.18 Å². The van der Waals surface area contributed by atoms with E-state index in [9.17, 15) is 22.8 Å². The number of fused-ring (bicyclic) bond motifs is 1. The molecule has 1 amide bonds. The first-order chi connectivity index (χ1) is 12.3. The molecule has 5 nitrogen and oxygen atoms in total. The van der Waals surface area contributed by atoms with E-state index in [1.165, 1.54) is 29.0 Å². The average molecular weight is 361 g/mol. The summed E-state index contributed by atoms with van der Waals surface area (Å²) in [6, 6.07) is 9.26. The zero-order valence-electron chi connectivity index (χ0n) is 13.7. The first kappa shape index (κ1) is 17.7. The van der Waals surface area contributed by atoms with Crippen LogP contribution in [0.15, 0.2) is 53.5 Å². The molecule has 0 aliphatic carbocycles. The maximum absolute atomic E-state index is 13.1. The van der Waals surface area contributed by atoms with Gasteiger partial charge < -0.3 is 5.32 Å². The lowest BCUT2D eigenvalue weighted by molar-refractivity contribution is -0.136. The molecule has 8 heteroatoms. The van der Waals surface area contributed by atoms with Crippen LogP contribution in [-0.2, 0) is 12.7 Å². The number of aromatic nitrogens is 2. The summed E-state index contributed by atoms with van der Waals surface area (Å²) in [7, 11) is 0. The molecule has 0 bridgehead atoms. The summed E-state index contributed by atoms with van der Waals surface area (Å²) in [6.45, 7) is 1.99. The van der Waals surface area contributed by atoms with Crippen LogP contribution in [0.4, 0.5) is 18.9 Å². The number of anilines is 1. The van der Waals surface area contributed by atoms with Crippen molar-refractivity contribution in [3.8, 4) is 0 Å². The van der Waals surface area contributed by atoms with Gasteiger partial charge in [0.1, 0.15) is 11.2 Å². The number of aryl methyl sites for hydroxylation is 1. The minimum absolute atomic E-state index is 0.246. The maximum Gasteiger partial charge on any atom is 0.418 e. The Morgan fingerprint density at radius 3 is 2.62 bits per heavy atom. The molecule has 2 heterocycles. The summed E-state index contributed by atoms with van der Waals surface area (Å²) >= 11 is 0. The second kappa shape index (κ2) is 6.62. The Labute approximate surface area is 146 Å². The van der Waals surface area contributed by atoms with Crippen molar-refractivity contribution in [2.24, 2.45) is 0 Å². The third kappa shape index (κ3) is 3.17. The van der Waals surface area contributed by atoms with Gasteiger partial charge in [0.15, 0.2) is 0 Å². The average Bonchev–Trinajstić information content (AvgIpc) is 2.60. The highest BCUT2D eigenvalue weighted by atomic mass is 19.4. The quantitative estimate of drug-likeness (QED) is 0.774. The van der Waals surface area contributed by atoms with Crippen LogP contribution in [-0.4, -0.2) is 15.5 Å². The molecule has 0 atom stereocenters. The summed E-state index contributed by atoms with van der Waals surface area (Å²) < 4.78 is 40.6. The smallest absolute Gasteiger partial charge is 0.321 e. The molecule has 1 aromatic carbocycles. The number of carbonyl (C=O) groups excluding carboxylic acids is 1. The molecule has 0 saturated carbocycles. The van der Waals surface area contributed by atoms with E-state index in [0.29, 0.717) is 11.0 Å². The molecule has 3 rings (SSSR count). The molecule has 0 spiro atoms. The number of hydrogen-bond acceptors (Lipinski definition) is 3. The van der Waals surface area contributed by atoms with Crippen molar-refractivity contribution in [1.82, 2.24) is 9.55 Å². The molecule has 0 unspecified atom stereocenters. The number of amides is 1. The molecular weight excluding hydrogens is 347 g/mol. The van der Waals surface area contributed by atoms with E-state index in [1.807, 2.05) is 0 Å². The number of benzene rings is 1. The molecule has 134 valence electrons. The highest BCUT2D eigenvalue weighted by Crippen LogP contribution is 2.34. The number of hydrogen-bond donors (Lipinski definition) is 1. The van der Waals surface area contributed by atoms with Gasteiger partial charge in [0.25, 0.3) is 11.5 Å². The van der Waals surface area contributed by atoms with E-state index in [0.717, 1.165) is 12.1 Å². The Morgan fingerprint density at radius 2 is 1.92 bits per heavy atom. The Kier molecular flexibility index (Phi) is 4.50. The van der Waals surface area contributed by atoms with Gasteiger partial charge in [0.05, 0.1) is 11.3 Å². The molecule has 0 saturated heterocycles. The van der Waals surface area contributed by atoms with Crippen molar-refractivity contribution >= 4 is 22.6 Å². The van der Waals surface area contributed by atoms with Crippen molar-refractivity contribution in [2.75, 3.05) is 5.32 Å². The van der Waals surface area contributed by atoms with Gasteiger partial charge in [-0.15, -0.1) is 0 Å². The molecule has 0 radical (unpaired) electrons. The zero-order valence-corrected chi connectivity index (χ0v) is 13.7. The summed E-state index contributed by atoms with van der Waals surface area (Å²) in [4.78, 5) is 29.2. The first-order valence-electron chi connectivity index (χ1n) is 7.79. The molecular formula is C18H14F3N3O2. The van der Waals surface area contributed by atoms with Crippen molar-refractivity contribution in [3.05, 3.63) is 70.1 Å². The number of rotatable bonds is 3. The van der Waals surface area contributed by atoms with E-state index in [2.05, 4.69) is 10.3 Å². The second-order valence-corrected chi connectivity index (χ2v) is 5.52. The minimum Gasteiger partial charge on any atom is -0.321 e. The van der Waals surface area contributed by atoms with Gasteiger partial charge in [-0.05, 0) is 37.3 Å². The van der Waals surface area contributed by atoms with Gasteiger partial charge in [-0.3, -0.25) is 14.2 Å². The number of para-hydroxylation sites is 1. The van der Waals surface area contributed by atoms with Gasteiger partial charge in [-0.25, -0.2) is 4.98 Å². The van der Waals surface area contributed by atoms with E-state index >= 15 is 0 Å². The third-order valence-electron chi connectivity index (χ3n) is 3.89. The Bertz CT molecular complexity index is 1040. The SMILES string of the molecule is CCn1c(=O)c(C(=O)Nc2ccccc2C(F)(F)F)cc2cccnc21. The van der Waals surface area contributed by atoms with Crippen LogP contribution in [0.1, 0.15) is 22.8 Å². The minimum atomic E-state index is -4.62. The normalized spacial score (nSPS) is 11.5. The fraction of sp³-hybridized carbons (Fsp3) is 0.167. The summed E-state index contributed by atoms with van der Waals surface area (Å²) in [5.41, 5.74) is -1.83. The predicted molar refractivity (Wildman–Crippen MR) is 91.1 cm³/mol. The number of pyridine rings is 2. The first-order valence-corrected chi connectivity index (χ1v) is 7.79. The zero-order chi connectivity index (χ0) is 18.9. The van der Waals surface area contributed by atoms with Crippen LogP contribution in [0.25, 0.3) is 11.0 Å². The number of carbonyl (C=O) groups is 1. The van der Waals surface area contributed by atoms with Gasteiger partial charge in [-0.2, -0.15) is 13.2 Å². The van der Waals surface area contributed by atoms with Gasteiger partial charge in [0, 0.05) is 18.1 Å². The molecule has 1 N–H and O–H groups in total. The highest BCUT2D eigenvalue weighted by molar-refractivity contribution is 6.06. The second-order valence-electron chi connectivity index (χ2n) is 5.52. The number of nitrogens with zero attached hydrogens (tertiary/aromatic N) is 2. The third-order valence-corrected chi connectivity index (χ3v) is 3.89. The summed E-state index contributed by atoms with van der Waals surface area (Å²) in [6.07, 6.45) is -3.10. The van der Waals surface area contributed by atoms with E-state index in [-0.39, 0.29) is 12.1 Å². The fourth-order valence-corrected chi connectivity index (χ4v) is 2.69. The lowest BCUT2D eigenvalue weighted by atomic mass is 10.1. The molecule has 26 heavy (non-hydrogen) atoms. The van der Waals surface area contributed by atoms with Crippen LogP contribution >= 0.6 is 0 Å². The molecule has 0 fully saturated rings. The number of alkyl halides is 3. The molecule has 3 aromatic rings. The largest absolute Gasteiger partial charge is 0.418 e. The fourth-order valence-electron chi connectivity index (χ4n) is 2.69. The highest BCUT2D eigenvalue weighted by Gasteiger charge is 2.33. The standard InChI is InChI=1S/C18H14F3N3O2/c1-2-24-15-11(6-5-9-22-15)10-12(17(24)26)16(25)23-14-8-4-3-7-13(14)18(19,20)21/h3-10H,2H2,1H3,(H,23,25). The number of nitrogens with one attached hydrogen (secondary N) is 1. The monoisotopic (exact) mass is 361 g/mol. The van der Waals surface area contributed by atoms with Gasteiger partial charge in [-0.1, -0.05) is 12.1 Å². The van der Waals surface area contributed by atoms with Crippen LogP contribution in [0.3, 0.4) is 0 Å². The Hall–Kier alpha value is -3.16. The van der Waals surface area contributed by atoms with Crippen molar-refractivity contribution in [1.29, 1.82) is 0 Å². The van der Waals surface area contributed by atoms with Crippen LogP contribution < -0.4 is 10.9 Å². The van der Waals surface area contributed by atoms with E-state index < -0.39 is 28.9 Å². The Morgan fingerprint density at radius 1 is 1.19 bits per heavy atom.